The third-order valence-corrected chi connectivity index (χ3v) is 8.95. The van der Waals surface area contributed by atoms with Crippen LogP contribution in [0.1, 0.15) is 22.3 Å². The fraction of sp³-hybridized carbons (Fsp3) is 0.0870. The summed E-state index contributed by atoms with van der Waals surface area (Å²) < 4.78 is 0. The Hall–Kier alpha value is -5.86. The Kier molecular flexibility index (Phi) is 8.64. The molecule has 7 aromatic carbocycles. The number of hydrogen-bond donors (Lipinski definition) is 0. The molecule has 0 fully saturated rings. The summed E-state index contributed by atoms with van der Waals surface area (Å²) in [6.07, 6.45) is 0. The lowest BCUT2D eigenvalue weighted by Crippen LogP contribution is -2.10. The second-order valence-corrected chi connectivity index (χ2v) is 12.7. The molecule has 2 nitrogen and oxygen atoms in total. The monoisotopic (exact) mass is 620 g/mol. The molecule has 0 heterocycles. The first-order valence-electron chi connectivity index (χ1n) is 16.6. The molecular formula is C46H40N2. The van der Waals surface area contributed by atoms with Gasteiger partial charge in [0, 0.05) is 34.1 Å². The van der Waals surface area contributed by atoms with Crippen molar-refractivity contribution < 1.29 is 0 Å². The van der Waals surface area contributed by atoms with E-state index in [0.717, 1.165) is 34.1 Å². The predicted molar refractivity (Wildman–Crippen MR) is 206 cm³/mol. The largest absolute Gasteiger partial charge is 0.311 e. The van der Waals surface area contributed by atoms with Crippen molar-refractivity contribution in [3.63, 3.8) is 0 Å². The molecule has 0 saturated carbocycles. The highest BCUT2D eigenvalue weighted by Gasteiger charge is 2.18. The Morgan fingerprint density at radius 1 is 0.271 bits per heavy atom. The smallest absolute Gasteiger partial charge is 0.0468 e. The number of aryl methyl sites for hydroxylation is 4. The minimum atomic E-state index is 1.11. The Morgan fingerprint density at radius 2 is 0.583 bits per heavy atom. The summed E-state index contributed by atoms with van der Waals surface area (Å²) in [5.41, 5.74) is 16.5. The summed E-state index contributed by atoms with van der Waals surface area (Å²) in [5.74, 6) is 0. The van der Waals surface area contributed by atoms with Gasteiger partial charge in [0.25, 0.3) is 0 Å². The van der Waals surface area contributed by atoms with Crippen molar-refractivity contribution in [1.82, 2.24) is 0 Å². The molecule has 0 aliphatic heterocycles. The molecule has 0 N–H and O–H groups in total. The summed E-state index contributed by atoms with van der Waals surface area (Å²) >= 11 is 0. The van der Waals surface area contributed by atoms with Crippen LogP contribution in [0.3, 0.4) is 0 Å². The van der Waals surface area contributed by atoms with Crippen LogP contribution in [0.4, 0.5) is 34.1 Å². The van der Waals surface area contributed by atoms with Crippen LogP contribution in [0.15, 0.2) is 170 Å². The van der Waals surface area contributed by atoms with E-state index in [2.05, 4.69) is 207 Å². The maximum Gasteiger partial charge on any atom is 0.0468 e. The molecule has 0 bridgehead atoms. The van der Waals surface area contributed by atoms with Crippen molar-refractivity contribution in [2.45, 2.75) is 27.7 Å². The number of hydrogen-bond acceptors (Lipinski definition) is 2. The van der Waals surface area contributed by atoms with E-state index in [4.69, 9.17) is 0 Å². The van der Waals surface area contributed by atoms with Gasteiger partial charge in [-0.15, -0.1) is 0 Å². The first-order valence-corrected chi connectivity index (χ1v) is 16.6. The van der Waals surface area contributed by atoms with Crippen LogP contribution in [0, 0.1) is 27.7 Å². The number of benzene rings is 7. The lowest BCUT2D eigenvalue weighted by Gasteiger charge is -2.27. The van der Waals surface area contributed by atoms with Gasteiger partial charge in [-0.05, 0) is 123 Å². The molecular weight excluding hydrogens is 581 g/mol. The van der Waals surface area contributed by atoms with Crippen LogP contribution in [-0.4, -0.2) is 0 Å². The van der Waals surface area contributed by atoms with Crippen molar-refractivity contribution in [1.29, 1.82) is 0 Å². The number of anilines is 6. The molecule has 0 amide bonds. The molecule has 0 saturated heterocycles. The first kappa shape index (κ1) is 30.8. The average molecular weight is 621 g/mol. The molecule has 0 unspecified atom stereocenters. The van der Waals surface area contributed by atoms with Crippen LogP contribution in [0.25, 0.3) is 22.3 Å². The molecule has 2 heteroatoms. The summed E-state index contributed by atoms with van der Waals surface area (Å²) in [6, 6.07) is 61.6. The fourth-order valence-corrected chi connectivity index (χ4v) is 6.24. The van der Waals surface area contributed by atoms with E-state index >= 15 is 0 Å². The maximum atomic E-state index is 2.35. The van der Waals surface area contributed by atoms with E-state index in [-0.39, 0.29) is 0 Å². The van der Waals surface area contributed by atoms with Crippen LogP contribution in [-0.2, 0) is 0 Å². The van der Waals surface area contributed by atoms with E-state index < -0.39 is 0 Å². The molecule has 0 aromatic heterocycles. The van der Waals surface area contributed by atoms with Crippen LogP contribution in [0.5, 0.6) is 0 Å². The fourth-order valence-electron chi connectivity index (χ4n) is 6.24. The summed E-state index contributed by atoms with van der Waals surface area (Å²) in [6.45, 7) is 8.53. The van der Waals surface area contributed by atoms with Crippen molar-refractivity contribution in [2.24, 2.45) is 0 Å². The van der Waals surface area contributed by atoms with Gasteiger partial charge >= 0.3 is 0 Å². The Morgan fingerprint density at radius 3 is 0.979 bits per heavy atom. The van der Waals surface area contributed by atoms with Gasteiger partial charge in [0.2, 0.25) is 0 Å². The minimum Gasteiger partial charge on any atom is -0.311 e. The van der Waals surface area contributed by atoms with Crippen LogP contribution >= 0.6 is 0 Å². The highest BCUT2D eigenvalue weighted by Crippen LogP contribution is 2.42. The highest BCUT2D eigenvalue weighted by molar-refractivity contribution is 5.89. The first-order chi connectivity index (χ1) is 23.4. The second-order valence-electron chi connectivity index (χ2n) is 12.7. The van der Waals surface area contributed by atoms with Gasteiger partial charge in [-0.3, -0.25) is 0 Å². The zero-order valence-electron chi connectivity index (χ0n) is 28.1. The van der Waals surface area contributed by atoms with E-state index in [1.807, 2.05) is 0 Å². The van der Waals surface area contributed by atoms with Crippen molar-refractivity contribution >= 4 is 34.1 Å². The third-order valence-electron chi connectivity index (χ3n) is 8.95. The van der Waals surface area contributed by atoms with Gasteiger partial charge in [-0.1, -0.05) is 119 Å². The van der Waals surface area contributed by atoms with Crippen molar-refractivity contribution in [2.75, 3.05) is 9.80 Å². The normalized spacial score (nSPS) is 10.9. The highest BCUT2D eigenvalue weighted by atomic mass is 15.1. The molecule has 0 spiro atoms. The molecule has 0 aliphatic rings. The summed E-state index contributed by atoms with van der Waals surface area (Å²) in [7, 11) is 0. The van der Waals surface area contributed by atoms with Crippen LogP contribution in [0.2, 0.25) is 0 Å². The lowest BCUT2D eigenvalue weighted by molar-refractivity contribution is 1.26. The number of nitrogens with zero attached hydrogens (tertiary/aromatic N) is 2. The van der Waals surface area contributed by atoms with E-state index in [1.54, 1.807) is 0 Å². The van der Waals surface area contributed by atoms with Gasteiger partial charge < -0.3 is 9.80 Å². The second kappa shape index (κ2) is 13.5. The quantitative estimate of drug-likeness (QED) is 0.167. The average Bonchev–Trinajstić information content (AvgIpc) is 3.12. The lowest BCUT2D eigenvalue weighted by atomic mass is 9.93. The molecule has 48 heavy (non-hydrogen) atoms. The Bertz CT molecular complexity index is 2020. The maximum absolute atomic E-state index is 2.35. The van der Waals surface area contributed by atoms with E-state index in [0.29, 0.717) is 0 Å². The zero-order valence-corrected chi connectivity index (χ0v) is 28.1. The zero-order chi connectivity index (χ0) is 33.0. The summed E-state index contributed by atoms with van der Waals surface area (Å²) in [4.78, 5) is 4.68. The van der Waals surface area contributed by atoms with Gasteiger partial charge in [0.1, 0.15) is 0 Å². The third kappa shape index (κ3) is 6.52. The van der Waals surface area contributed by atoms with Crippen LogP contribution < -0.4 is 9.80 Å². The van der Waals surface area contributed by atoms with Gasteiger partial charge in [-0.2, -0.15) is 0 Å². The van der Waals surface area contributed by atoms with Gasteiger partial charge in [0.05, 0.1) is 0 Å². The Balaban J connectivity index is 1.36. The van der Waals surface area contributed by atoms with Crippen molar-refractivity contribution in [3.05, 3.63) is 192 Å². The predicted octanol–water partition coefficient (Wildman–Crippen LogP) is 13.2. The van der Waals surface area contributed by atoms with Crippen molar-refractivity contribution in [3.8, 4) is 22.3 Å². The van der Waals surface area contributed by atoms with Gasteiger partial charge in [-0.25, -0.2) is 0 Å². The van der Waals surface area contributed by atoms with Gasteiger partial charge in [0.15, 0.2) is 0 Å². The molecule has 0 radical (unpaired) electrons. The standard InChI is InChI=1S/C46H40N2/c1-33-10-20-39(21-11-33)47(40-22-12-34(2)13-23-40)43-28-18-38(19-29-43)46-32-44(30-31-45(46)37-8-6-5-7-9-37)48(41-24-14-35(3)15-25-41)42-26-16-36(4)17-27-42/h5-32H,1-4H3. The van der Waals surface area contributed by atoms with E-state index in [9.17, 15) is 0 Å². The molecule has 234 valence electrons. The Labute approximate surface area is 285 Å². The molecule has 0 atom stereocenters. The topological polar surface area (TPSA) is 6.48 Å². The molecule has 0 aliphatic carbocycles. The number of rotatable bonds is 8. The SMILES string of the molecule is Cc1ccc(N(c2ccc(C)cc2)c2ccc(-c3cc(N(c4ccc(C)cc4)c4ccc(C)cc4)ccc3-c3ccccc3)cc2)cc1. The summed E-state index contributed by atoms with van der Waals surface area (Å²) in [5, 5.41) is 0. The minimum absolute atomic E-state index is 1.11. The van der Waals surface area contributed by atoms with E-state index in [1.165, 1.54) is 44.5 Å². The molecule has 7 rings (SSSR count). The molecule has 7 aromatic rings.